The number of ether oxygens (including phenoxy) is 3. The lowest BCUT2D eigenvalue weighted by Gasteiger charge is -2.43. The Bertz CT molecular complexity index is 1770. The van der Waals surface area contributed by atoms with Crippen LogP contribution < -0.4 is 14.8 Å². The summed E-state index contributed by atoms with van der Waals surface area (Å²) in [5, 5.41) is 38.3. The molecule has 5 aromatic rings. The summed E-state index contributed by atoms with van der Waals surface area (Å²) >= 11 is 0. The minimum Gasteiger partial charge on any atom is -0.496 e. The van der Waals surface area contributed by atoms with Crippen molar-refractivity contribution in [3.05, 3.63) is 108 Å². The second kappa shape index (κ2) is 12.3. The molecule has 1 aliphatic heterocycles. The number of nitrogens with one attached hydrogen (secondary N) is 1. The van der Waals surface area contributed by atoms with Gasteiger partial charge in [-0.1, -0.05) is 66.7 Å². The van der Waals surface area contributed by atoms with Crippen molar-refractivity contribution in [3.8, 4) is 11.5 Å². The molecule has 0 aliphatic carbocycles. The molecule has 1 amide bonds. The van der Waals surface area contributed by atoms with Gasteiger partial charge in [-0.05, 0) is 17.7 Å². The Hall–Kier alpha value is -4.88. The fourth-order valence-electron chi connectivity index (χ4n) is 6.31. The molecule has 4 N–H and O–H groups in total. The zero-order valence-electron chi connectivity index (χ0n) is 24.8. The number of para-hydroxylation sites is 2. The lowest BCUT2D eigenvalue weighted by atomic mass is 9.63. The van der Waals surface area contributed by atoms with Gasteiger partial charge < -0.3 is 34.8 Å². The predicted molar refractivity (Wildman–Crippen MR) is 164 cm³/mol. The van der Waals surface area contributed by atoms with E-state index in [0.717, 1.165) is 0 Å². The first-order valence-electron chi connectivity index (χ1n) is 14.3. The summed E-state index contributed by atoms with van der Waals surface area (Å²) in [6, 6.07) is 24.0. The van der Waals surface area contributed by atoms with Crippen LogP contribution in [0.1, 0.15) is 29.8 Å². The molecular weight excluding hydrogens is 578 g/mol. The Morgan fingerprint density at radius 3 is 2.09 bits per heavy atom. The van der Waals surface area contributed by atoms with Gasteiger partial charge in [0, 0.05) is 18.1 Å². The first-order valence-corrected chi connectivity index (χ1v) is 14.3. The third-order valence-corrected chi connectivity index (χ3v) is 8.25. The number of carbonyl (C=O) groups excluding carboxylic acids is 1. The van der Waals surface area contributed by atoms with E-state index in [4.69, 9.17) is 14.2 Å². The molecule has 2 aromatic heterocycles. The van der Waals surface area contributed by atoms with Crippen LogP contribution in [0.3, 0.4) is 0 Å². The van der Waals surface area contributed by atoms with Gasteiger partial charge in [0.2, 0.25) is 5.91 Å². The standard InChI is InChI=1S/C33H33N5O7/c1-19(39)37-30-25-31(35-17-34-30)38(18-36-25)32-27(41)26(40)28(45-32)29(42)33(20-11-5-4-6-12-20,21-13-7-9-15-23(21)43-2)22-14-8-10-16-24(22)44-3/h4-18,26-29,32,40-42H,1-3H3,(H,34,35,37,39)/t26-,27+,28-,29?,32+/m0/s1. The zero-order valence-corrected chi connectivity index (χ0v) is 24.8. The van der Waals surface area contributed by atoms with Crippen LogP contribution in [0.2, 0.25) is 0 Å². The molecule has 12 nitrogen and oxygen atoms in total. The normalized spacial score (nSPS) is 20.6. The van der Waals surface area contributed by atoms with Crippen LogP contribution in [0.15, 0.2) is 91.5 Å². The smallest absolute Gasteiger partial charge is 0.222 e. The van der Waals surface area contributed by atoms with Gasteiger partial charge in [-0.2, -0.15) is 0 Å². The molecular formula is C33H33N5O7. The van der Waals surface area contributed by atoms with Crippen LogP contribution in [-0.4, -0.2) is 79.4 Å². The van der Waals surface area contributed by atoms with Crippen molar-refractivity contribution in [2.75, 3.05) is 19.5 Å². The number of fused-ring (bicyclic) bond motifs is 1. The molecule has 232 valence electrons. The van der Waals surface area contributed by atoms with Gasteiger partial charge in [0.25, 0.3) is 0 Å². The molecule has 0 radical (unpaired) electrons. The van der Waals surface area contributed by atoms with E-state index in [-0.39, 0.29) is 22.9 Å². The number of imidazole rings is 1. The molecule has 1 unspecified atom stereocenters. The largest absolute Gasteiger partial charge is 0.496 e. The first-order chi connectivity index (χ1) is 21.8. The molecule has 45 heavy (non-hydrogen) atoms. The summed E-state index contributed by atoms with van der Waals surface area (Å²) in [7, 11) is 3.09. The number of aliphatic hydroxyl groups is 3. The van der Waals surface area contributed by atoms with Crippen LogP contribution in [0, 0.1) is 0 Å². The highest BCUT2D eigenvalue weighted by Gasteiger charge is 2.56. The maximum absolute atomic E-state index is 12.7. The number of nitrogens with zero attached hydrogens (tertiary/aromatic N) is 4. The molecule has 12 heteroatoms. The van der Waals surface area contributed by atoms with E-state index < -0.39 is 36.1 Å². The van der Waals surface area contributed by atoms with Crippen LogP contribution >= 0.6 is 0 Å². The lowest BCUT2D eigenvalue weighted by molar-refractivity contribution is -0.114. The van der Waals surface area contributed by atoms with E-state index in [1.807, 2.05) is 66.7 Å². The Kier molecular flexibility index (Phi) is 8.21. The van der Waals surface area contributed by atoms with Crippen LogP contribution in [-0.2, 0) is 14.9 Å². The highest BCUT2D eigenvalue weighted by atomic mass is 16.6. The number of benzene rings is 3. The predicted octanol–water partition coefficient (Wildman–Crippen LogP) is 2.82. The average molecular weight is 612 g/mol. The van der Waals surface area contributed by atoms with Crippen molar-refractivity contribution in [1.82, 2.24) is 19.5 Å². The molecule has 0 spiro atoms. The number of carbonyl (C=O) groups is 1. The average Bonchev–Trinajstić information content (AvgIpc) is 3.62. The molecule has 5 atom stereocenters. The fraction of sp³-hybridized carbons (Fsp3) is 0.273. The first kappa shape index (κ1) is 30.2. The second-order valence-electron chi connectivity index (χ2n) is 10.7. The van der Waals surface area contributed by atoms with Crippen LogP contribution in [0.25, 0.3) is 11.2 Å². The zero-order chi connectivity index (χ0) is 31.7. The van der Waals surface area contributed by atoms with Crippen molar-refractivity contribution in [1.29, 1.82) is 0 Å². The SMILES string of the molecule is COc1ccccc1C(c1ccccc1)(c1ccccc1OC)C(O)[C@H]1O[C@@H](n2cnc3c(NC(C)=O)ncnc32)[C@H](O)[C@@H]1O. The summed E-state index contributed by atoms with van der Waals surface area (Å²) in [6.07, 6.45) is -4.47. The van der Waals surface area contributed by atoms with Crippen molar-refractivity contribution in [2.24, 2.45) is 0 Å². The van der Waals surface area contributed by atoms with E-state index in [1.165, 1.54) is 24.1 Å². The molecule has 3 heterocycles. The van der Waals surface area contributed by atoms with Gasteiger partial charge in [0.05, 0.1) is 26.0 Å². The Labute approximate surface area is 258 Å². The number of anilines is 1. The van der Waals surface area contributed by atoms with E-state index in [0.29, 0.717) is 28.2 Å². The summed E-state index contributed by atoms with van der Waals surface area (Å²) in [4.78, 5) is 24.4. The highest BCUT2D eigenvalue weighted by molar-refractivity contribution is 5.95. The van der Waals surface area contributed by atoms with Gasteiger partial charge in [-0.3, -0.25) is 9.36 Å². The minimum absolute atomic E-state index is 0.186. The number of hydrogen-bond acceptors (Lipinski definition) is 10. The van der Waals surface area contributed by atoms with Gasteiger partial charge in [0.15, 0.2) is 23.2 Å². The van der Waals surface area contributed by atoms with Crippen molar-refractivity contribution in [2.45, 2.75) is 43.0 Å². The number of aromatic nitrogens is 4. The highest BCUT2D eigenvalue weighted by Crippen LogP contribution is 2.51. The van der Waals surface area contributed by atoms with Crippen molar-refractivity contribution < 1.29 is 34.3 Å². The molecule has 1 fully saturated rings. The third-order valence-electron chi connectivity index (χ3n) is 8.25. The van der Waals surface area contributed by atoms with Crippen LogP contribution in [0.5, 0.6) is 11.5 Å². The molecule has 0 saturated carbocycles. The van der Waals surface area contributed by atoms with Gasteiger partial charge in [-0.15, -0.1) is 0 Å². The Morgan fingerprint density at radius 1 is 0.889 bits per heavy atom. The molecule has 0 bridgehead atoms. The summed E-state index contributed by atoms with van der Waals surface area (Å²) in [5.74, 6) is 0.814. The molecule has 3 aromatic carbocycles. The summed E-state index contributed by atoms with van der Waals surface area (Å²) in [5.41, 5.74) is 0.933. The third kappa shape index (κ3) is 4.97. The lowest BCUT2D eigenvalue weighted by Crippen LogP contribution is -2.52. The van der Waals surface area contributed by atoms with E-state index in [2.05, 4.69) is 20.3 Å². The number of aliphatic hydroxyl groups excluding tert-OH is 3. The summed E-state index contributed by atoms with van der Waals surface area (Å²) in [6.45, 7) is 1.35. The van der Waals surface area contributed by atoms with Crippen molar-refractivity contribution >= 4 is 22.9 Å². The van der Waals surface area contributed by atoms with Gasteiger partial charge in [0.1, 0.15) is 42.2 Å². The topological polar surface area (TPSA) is 161 Å². The minimum atomic E-state index is -1.55. The Balaban J connectivity index is 1.54. The number of rotatable bonds is 9. The maximum atomic E-state index is 12.7. The monoisotopic (exact) mass is 611 g/mol. The van der Waals surface area contributed by atoms with Gasteiger partial charge in [-0.25, -0.2) is 15.0 Å². The van der Waals surface area contributed by atoms with E-state index in [9.17, 15) is 20.1 Å². The van der Waals surface area contributed by atoms with Gasteiger partial charge >= 0.3 is 0 Å². The molecule has 6 rings (SSSR count). The quantitative estimate of drug-likeness (QED) is 0.183. The molecule has 1 aliphatic rings. The molecule has 1 saturated heterocycles. The Morgan fingerprint density at radius 2 is 1.49 bits per heavy atom. The van der Waals surface area contributed by atoms with E-state index >= 15 is 0 Å². The van der Waals surface area contributed by atoms with Crippen LogP contribution in [0.4, 0.5) is 5.82 Å². The summed E-state index contributed by atoms with van der Waals surface area (Å²) < 4.78 is 19.5. The number of methoxy groups -OCH3 is 2. The fourth-order valence-corrected chi connectivity index (χ4v) is 6.31. The van der Waals surface area contributed by atoms with Crippen molar-refractivity contribution in [3.63, 3.8) is 0 Å². The number of amides is 1. The second-order valence-corrected chi connectivity index (χ2v) is 10.7. The number of hydrogen-bond donors (Lipinski definition) is 4. The maximum Gasteiger partial charge on any atom is 0.222 e. The van der Waals surface area contributed by atoms with E-state index in [1.54, 1.807) is 26.4 Å².